The van der Waals surface area contributed by atoms with E-state index in [1.165, 1.54) is 14.1 Å². The maximum absolute atomic E-state index is 12.4. The number of likely N-dealkylation sites (N-methyl/N-ethyl adjacent to an activating group) is 1. The summed E-state index contributed by atoms with van der Waals surface area (Å²) in [6, 6.07) is 0.0287. The number of rotatable bonds is 7. The minimum Gasteiger partial charge on any atom is -0.383 e. The minimum absolute atomic E-state index is 0.0287. The zero-order valence-electron chi connectivity index (χ0n) is 12.5. The molecule has 0 fully saturated rings. The second kappa shape index (κ2) is 6.70. The molecule has 2 N–H and O–H groups in total. The molecule has 1 rings (SSSR count). The van der Waals surface area contributed by atoms with E-state index < -0.39 is 10.0 Å². The topological polar surface area (TPSA) is 88.8 Å². The minimum atomic E-state index is -3.62. The molecule has 0 radical (unpaired) electrons. The number of ether oxygens (including phenoxy) is 1. The molecular formula is C11H22N4O3S2. The number of anilines is 2. The summed E-state index contributed by atoms with van der Waals surface area (Å²) in [5.74, 6) is 0.0433. The number of hydrogen-bond acceptors (Lipinski definition) is 7. The largest absolute Gasteiger partial charge is 0.383 e. The number of nitrogens with zero attached hydrogens (tertiary/aromatic N) is 3. The van der Waals surface area contributed by atoms with Crippen molar-refractivity contribution in [1.29, 1.82) is 0 Å². The van der Waals surface area contributed by atoms with Crippen LogP contribution in [0.2, 0.25) is 0 Å². The Morgan fingerprint density at radius 1 is 1.45 bits per heavy atom. The number of sulfonamides is 1. The second-order valence-corrected chi connectivity index (χ2v) is 7.42. The van der Waals surface area contributed by atoms with Gasteiger partial charge < -0.3 is 15.4 Å². The molecule has 0 aliphatic rings. The van der Waals surface area contributed by atoms with E-state index in [2.05, 4.69) is 4.37 Å². The summed E-state index contributed by atoms with van der Waals surface area (Å²) in [5.41, 5.74) is 5.77. The second-order valence-electron chi connectivity index (χ2n) is 4.58. The molecule has 1 atom stereocenters. The average Bonchev–Trinajstić information content (AvgIpc) is 2.73. The van der Waals surface area contributed by atoms with E-state index in [0.29, 0.717) is 18.2 Å². The smallest absolute Gasteiger partial charge is 0.249 e. The summed E-state index contributed by atoms with van der Waals surface area (Å²) in [4.78, 5) is 2.02. The molecular weight excluding hydrogens is 300 g/mol. The molecule has 116 valence electrons. The molecule has 0 aromatic carbocycles. The van der Waals surface area contributed by atoms with Gasteiger partial charge in [-0.25, -0.2) is 12.7 Å². The van der Waals surface area contributed by atoms with Crippen molar-refractivity contribution in [2.45, 2.75) is 24.8 Å². The van der Waals surface area contributed by atoms with Crippen LogP contribution in [0.1, 0.15) is 13.8 Å². The first-order valence-electron chi connectivity index (χ1n) is 6.20. The van der Waals surface area contributed by atoms with Crippen LogP contribution < -0.4 is 10.6 Å². The Morgan fingerprint density at radius 3 is 2.50 bits per heavy atom. The number of hydrogen-bond donors (Lipinski definition) is 1. The molecule has 0 spiro atoms. The Balaban J connectivity index is 3.33. The zero-order valence-corrected chi connectivity index (χ0v) is 14.1. The summed E-state index contributed by atoms with van der Waals surface area (Å²) in [5, 5.41) is 0.559. The highest BCUT2D eigenvalue weighted by molar-refractivity contribution is 7.89. The summed E-state index contributed by atoms with van der Waals surface area (Å²) in [6.07, 6.45) is 0. The number of aromatic nitrogens is 1. The number of nitrogens with two attached hydrogens (primary N) is 1. The fourth-order valence-corrected chi connectivity index (χ4v) is 4.26. The van der Waals surface area contributed by atoms with Crippen LogP contribution in [0.15, 0.2) is 4.90 Å². The maximum Gasteiger partial charge on any atom is 0.249 e. The summed E-state index contributed by atoms with van der Waals surface area (Å²) < 4.78 is 35.1. The van der Waals surface area contributed by atoms with Crippen LogP contribution in [-0.4, -0.2) is 57.5 Å². The van der Waals surface area contributed by atoms with Crippen molar-refractivity contribution >= 4 is 32.4 Å². The molecule has 20 heavy (non-hydrogen) atoms. The van der Waals surface area contributed by atoms with Crippen molar-refractivity contribution in [3.8, 4) is 0 Å². The van der Waals surface area contributed by atoms with Gasteiger partial charge in [0.1, 0.15) is 5.00 Å². The third-order valence-electron chi connectivity index (χ3n) is 2.94. The van der Waals surface area contributed by atoms with Crippen LogP contribution in [0.5, 0.6) is 0 Å². The van der Waals surface area contributed by atoms with Crippen molar-refractivity contribution in [1.82, 2.24) is 8.68 Å². The number of methoxy groups -OCH3 is 1. The van der Waals surface area contributed by atoms with Gasteiger partial charge in [-0.1, -0.05) is 0 Å². The maximum atomic E-state index is 12.4. The molecule has 1 heterocycles. The Morgan fingerprint density at radius 2 is 2.05 bits per heavy atom. The van der Waals surface area contributed by atoms with Crippen LogP contribution in [0.3, 0.4) is 0 Å². The van der Waals surface area contributed by atoms with Crippen molar-refractivity contribution in [3.05, 3.63) is 0 Å². The van der Waals surface area contributed by atoms with Crippen LogP contribution in [0.25, 0.3) is 0 Å². The van der Waals surface area contributed by atoms with E-state index in [1.807, 2.05) is 18.7 Å². The average molecular weight is 322 g/mol. The first-order valence-corrected chi connectivity index (χ1v) is 8.41. The SMILES string of the molecule is CCN(c1snc(N)c1S(=O)(=O)N(C)C)C(C)COC. The predicted octanol–water partition coefficient (Wildman–Crippen LogP) is 0.837. The Hall–Kier alpha value is -0.900. The highest BCUT2D eigenvalue weighted by Gasteiger charge is 2.31. The molecule has 0 bridgehead atoms. The Bertz CT molecular complexity index is 542. The van der Waals surface area contributed by atoms with Crippen LogP contribution in [0, 0.1) is 0 Å². The zero-order chi connectivity index (χ0) is 15.5. The molecule has 0 aliphatic heterocycles. The van der Waals surface area contributed by atoms with Gasteiger partial charge in [0.25, 0.3) is 0 Å². The third-order valence-corrected chi connectivity index (χ3v) is 5.85. The van der Waals surface area contributed by atoms with E-state index in [1.54, 1.807) is 7.11 Å². The first-order chi connectivity index (χ1) is 9.27. The molecule has 1 unspecified atom stereocenters. The Kier molecular flexibility index (Phi) is 5.75. The van der Waals surface area contributed by atoms with Gasteiger partial charge in [0.2, 0.25) is 10.0 Å². The van der Waals surface area contributed by atoms with E-state index >= 15 is 0 Å². The van der Waals surface area contributed by atoms with Gasteiger partial charge in [0, 0.05) is 27.7 Å². The van der Waals surface area contributed by atoms with Gasteiger partial charge in [0.05, 0.1) is 12.6 Å². The van der Waals surface area contributed by atoms with Crippen LogP contribution >= 0.6 is 11.5 Å². The molecule has 1 aromatic heterocycles. The van der Waals surface area contributed by atoms with Gasteiger partial charge in [0.15, 0.2) is 10.7 Å². The summed E-state index contributed by atoms with van der Waals surface area (Å²) >= 11 is 1.10. The quantitative estimate of drug-likeness (QED) is 0.800. The lowest BCUT2D eigenvalue weighted by Crippen LogP contribution is -2.37. The first kappa shape index (κ1) is 17.2. The fourth-order valence-electron chi connectivity index (χ4n) is 1.88. The van der Waals surface area contributed by atoms with Crippen LogP contribution in [0.4, 0.5) is 10.8 Å². The summed E-state index contributed by atoms with van der Waals surface area (Å²) in [7, 11) is 0.944. The van der Waals surface area contributed by atoms with E-state index in [9.17, 15) is 8.42 Å². The normalized spacial score (nSPS) is 13.7. The van der Waals surface area contributed by atoms with E-state index in [-0.39, 0.29) is 16.8 Å². The lowest BCUT2D eigenvalue weighted by molar-refractivity contribution is 0.182. The fraction of sp³-hybridized carbons (Fsp3) is 0.727. The molecule has 9 heteroatoms. The van der Waals surface area contributed by atoms with Crippen molar-refractivity contribution in [2.75, 3.05) is 45.0 Å². The lowest BCUT2D eigenvalue weighted by Gasteiger charge is -2.29. The third kappa shape index (κ3) is 3.22. The monoisotopic (exact) mass is 322 g/mol. The predicted molar refractivity (Wildman–Crippen MR) is 81.8 cm³/mol. The van der Waals surface area contributed by atoms with E-state index in [4.69, 9.17) is 10.5 Å². The molecule has 1 aromatic rings. The van der Waals surface area contributed by atoms with Gasteiger partial charge in [-0.15, -0.1) is 0 Å². The molecule has 0 saturated carbocycles. The van der Waals surface area contributed by atoms with Gasteiger partial charge in [-0.2, -0.15) is 4.37 Å². The molecule has 0 aliphatic carbocycles. The molecule has 0 amide bonds. The lowest BCUT2D eigenvalue weighted by atomic mass is 10.3. The molecule has 7 nitrogen and oxygen atoms in total. The Labute approximate surface area is 124 Å². The van der Waals surface area contributed by atoms with Crippen molar-refractivity contribution in [3.63, 3.8) is 0 Å². The van der Waals surface area contributed by atoms with Gasteiger partial charge in [-0.3, -0.25) is 0 Å². The highest BCUT2D eigenvalue weighted by Crippen LogP contribution is 2.36. The van der Waals surface area contributed by atoms with Crippen molar-refractivity contribution in [2.24, 2.45) is 0 Å². The summed E-state index contributed by atoms with van der Waals surface area (Å²) in [6.45, 7) is 5.05. The van der Waals surface area contributed by atoms with Gasteiger partial charge in [-0.05, 0) is 25.4 Å². The van der Waals surface area contributed by atoms with Gasteiger partial charge >= 0.3 is 0 Å². The van der Waals surface area contributed by atoms with Crippen molar-refractivity contribution < 1.29 is 13.2 Å². The van der Waals surface area contributed by atoms with E-state index in [0.717, 1.165) is 15.8 Å². The standard InChI is InChI=1S/C11H22N4O3S2/c1-6-15(8(2)7-18-5)11-9(10(12)13-19-11)20(16,17)14(3)4/h8H,6-7H2,1-5H3,(H2,12,13). The van der Waals surface area contributed by atoms with Crippen LogP contribution in [-0.2, 0) is 14.8 Å². The highest BCUT2D eigenvalue weighted by atomic mass is 32.2. The number of nitrogen functional groups attached to an aromatic ring is 1. The molecule has 0 saturated heterocycles.